The van der Waals surface area contributed by atoms with Gasteiger partial charge in [-0.05, 0) is 55.6 Å². The second-order valence-corrected chi connectivity index (χ2v) is 8.83. The van der Waals surface area contributed by atoms with Crippen LogP contribution in [0.2, 0.25) is 0 Å². The summed E-state index contributed by atoms with van der Waals surface area (Å²) in [7, 11) is 0. The Balaban J connectivity index is 1.18. The number of aromatic amines is 1. The predicted octanol–water partition coefficient (Wildman–Crippen LogP) is 3.80. The van der Waals surface area contributed by atoms with Gasteiger partial charge in [0, 0.05) is 42.3 Å². The highest BCUT2D eigenvalue weighted by atomic mass is 19.1. The Morgan fingerprint density at radius 1 is 1.12 bits per heavy atom. The lowest BCUT2D eigenvalue weighted by molar-refractivity contribution is 0.340. The number of nitrogens with two attached hydrogens (primary N) is 1. The molecule has 4 aromatic rings. The fraction of sp³-hybridized carbons (Fsp3) is 0.292. The molecule has 0 aliphatic carbocycles. The minimum Gasteiger partial charge on any atom is -0.454 e. The molecule has 0 radical (unpaired) electrons. The van der Waals surface area contributed by atoms with Crippen molar-refractivity contribution in [3.63, 3.8) is 0 Å². The van der Waals surface area contributed by atoms with Gasteiger partial charge in [0.25, 0.3) is 0 Å². The van der Waals surface area contributed by atoms with Crippen molar-refractivity contribution in [2.45, 2.75) is 18.9 Å². The Morgan fingerprint density at radius 3 is 2.94 bits per heavy atom. The molecule has 2 aromatic heterocycles. The van der Waals surface area contributed by atoms with Crippen LogP contribution in [-0.4, -0.2) is 45.8 Å². The normalized spacial score (nSPS) is 19.9. The lowest BCUT2D eigenvalue weighted by Crippen LogP contribution is -2.40. The number of aromatic nitrogens is 4. The van der Waals surface area contributed by atoms with Gasteiger partial charge in [0.1, 0.15) is 17.4 Å². The summed E-state index contributed by atoms with van der Waals surface area (Å²) in [5.41, 5.74) is 7.42. The molecular weight excluding hydrogens is 435 g/mol. The van der Waals surface area contributed by atoms with Crippen LogP contribution in [0.3, 0.4) is 0 Å². The Kier molecular flexibility index (Phi) is 5.14. The summed E-state index contributed by atoms with van der Waals surface area (Å²) in [6.07, 6.45) is 4.13. The van der Waals surface area contributed by atoms with Crippen LogP contribution in [0.25, 0.3) is 10.9 Å². The maximum absolute atomic E-state index is 14.8. The zero-order valence-electron chi connectivity index (χ0n) is 18.5. The first-order chi connectivity index (χ1) is 16.6. The summed E-state index contributed by atoms with van der Waals surface area (Å²) in [5.74, 6) is 2.26. The summed E-state index contributed by atoms with van der Waals surface area (Å²) in [6.45, 7) is 2.90. The number of fused-ring (bicyclic) bond motifs is 2. The molecule has 2 atom stereocenters. The molecule has 2 aliphatic rings. The highest BCUT2D eigenvalue weighted by Gasteiger charge is 2.35. The van der Waals surface area contributed by atoms with Crippen molar-refractivity contribution in [3.8, 4) is 11.5 Å². The number of hydrogen-bond acceptors (Lipinski definition) is 8. The number of piperidine rings is 1. The minimum atomic E-state index is -0.491. The molecule has 0 spiro atoms. The van der Waals surface area contributed by atoms with Gasteiger partial charge in [-0.15, -0.1) is 0 Å². The third-order valence-electron chi connectivity index (χ3n) is 6.50. The molecule has 174 valence electrons. The van der Waals surface area contributed by atoms with Crippen LogP contribution in [0, 0.1) is 11.7 Å². The summed E-state index contributed by atoms with van der Waals surface area (Å²) in [4.78, 5) is 11.0. The number of nitrogen functional groups attached to an aromatic ring is 1. The van der Waals surface area contributed by atoms with Gasteiger partial charge in [-0.25, -0.2) is 4.39 Å². The van der Waals surface area contributed by atoms with Crippen LogP contribution in [-0.2, 0) is 0 Å². The average Bonchev–Trinajstić information content (AvgIpc) is 3.47. The van der Waals surface area contributed by atoms with Crippen molar-refractivity contribution in [2.24, 2.45) is 5.92 Å². The van der Waals surface area contributed by atoms with Crippen molar-refractivity contribution in [3.05, 3.63) is 54.5 Å². The zero-order chi connectivity index (χ0) is 23.1. The van der Waals surface area contributed by atoms with Crippen LogP contribution < -0.4 is 26.0 Å². The van der Waals surface area contributed by atoms with E-state index in [-0.39, 0.29) is 11.7 Å². The molecule has 10 heteroatoms. The van der Waals surface area contributed by atoms with E-state index in [2.05, 4.69) is 35.7 Å². The molecular formula is C24H25FN8O. The SMILES string of the molecule is Nc1nc(Nc2ccc(Oc3ccc4[nH]ncc4c3)c(F)c2)cc(N2C[C@@H]3CCCN[C@@H]3C2)n1. The van der Waals surface area contributed by atoms with Gasteiger partial charge in [-0.2, -0.15) is 15.1 Å². The summed E-state index contributed by atoms with van der Waals surface area (Å²) in [5, 5.41) is 14.5. The number of hydrogen-bond donors (Lipinski definition) is 4. The van der Waals surface area contributed by atoms with Crippen molar-refractivity contribution >= 4 is 34.2 Å². The van der Waals surface area contributed by atoms with E-state index in [4.69, 9.17) is 10.5 Å². The number of benzene rings is 2. The Hall–Kier alpha value is -3.92. The van der Waals surface area contributed by atoms with Gasteiger partial charge in [0.2, 0.25) is 5.95 Å². The lowest BCUT2D eigenvalue weighted by atomic mass is 9.94. The zero-order valence-corrected chi connectivity index (χ0v) is 18.5. The quantitative estimate of drug-likeness (QED) is 0.355. The molecule has 0 saturated carbocycles. The van der Waals surface area contributed by atoms with E-state index in [0.717, 1.165) is 36.4 Å². The van der Waals surface area contributed by atoms with Gasteiger partial charge in [0.15, 0.2) is 11.6 Å². The Bertz CT molecular complexity index is 1330. The summed E-state index contributed by atoms with van der Waals surface area (Å²) >= 11 is 0. The topological polar surface area (TPSA) is 117 Å². The van der Waals surface area contributed by atoms with Gasteiger partial charge in [-0.3, -0.25) is 5.10 Å². The highest BCUT2D eigenvalue weighted by Crippen LogP contribution is 2.32. The standard InChI is InChI=1S/C24H25FN8O/c25-18-9-16(3-6-21(18)34-17-4-5-19-15(8-17)11-28-32-19)29-22-10-23(31-24(26)30-22)33-12-14-2-1-7-27-20(14)13-33/h3-6,8-11,14,20,27H,1-2,7,12-13H2,(H,28,32)(H3,26,29,30,31)/t14-,20+/m0/s1. The van der Waals surface area contributed by atoms with Crippen LogP contribution in [0.1, 0.15) is 12.8 Å². The van der Waals surface area contributed by atoms with E-state index in [1.807, 2.05) is 12.1 Å². The number of rotatable bonds is 5. The van der Waals surface area contributed by atoms with E-state index in [9.17, 15) is 4.39 Å². The first-order valence-electron chi connectivity index (χ1n) is 11.4. The molecule has 34 heavy (non-hydrogen) atoms. The van der Waals surface area contributed by atoms with E-state index in [1.165, 1.54) is 18.9 Å². The van der Waals surface area contributed by atoms with Gasteiger partial charge in [-0.1, -0.05) is 0 Å². The van der Waals surface area contributed by atoms with E-state index in [1.54, 1.807) is 30.5 Å². The molecule has 2 fully saturated rings. The number of nitrogens with zero attached hydrogens (tertiary/aromatic N) is 4. The lowest BCUT2D eigenvalue weighted by Gasteiger charge is -2.24. The number of nitrogens with one attached hydrogen (secondary N) is 3. The molecule has 0 unspecified atom stereocenters. The number of halogens is 1. The van der Waals surface area contributed by atoms with Crippen LogP contribution in [0.15, 0.2) is 48.7 Å². The van der Waals surface area contributed by atoms with Crippen molar-refractivity contribution < 1.29 is 9.13 Å². The first kappa shape index (κ1) is 20.7. The van der Waals surface area contributed by atoms with Gasteiger partial charge < -0.3 is 26.0 Å². The van der Waals surface area contributed by atoms with Crippen molar-refractivity contribution in [1.29, 1.82) is 0 Å². The fourth-order valence-corrected chi connectivity index (χ4v) is 4.83. The maximum Gasteiger partial charge on any atom is 0.223 e. The highest BCUT2D eigenvalue weighted by molar-refractivity contribution is 5.79. The Labute approximate surface area is 195 Å². The molecule has 0 bridgehead atoms. The largest absolute Gasteiger partial charge is 0.454 e. The second-order valence-electron chi connectivity index (χ2n) is 8.83. The molecule has 2 aliphatic heterocycles. The van der Waals surface area contributed by atoms with Crippen LogP contribution >= 0.6 is 0 Å². The second kappa shape index (κ2) is 8.45. The van der Waals surface area contributed by atoms with E-state index >= 15 is 0 Å². The number of H-pyrrole nitrogens is 1. The van der Waals surface area contributed by atoms with E-state index in [0.29, 0.717) is 29.2 Å². The molecule has 2 aromatic carbocycles. The fourth-order valence-electron chi connectivity index (χ4n) is 4.83. The van der Waals surface area contributed by atoms with Crippen LogP contribution in [0.5, 0.6) is 11.5 Å². The smallest absolute Gasteiger partial charge is 0.223 e. The third-order valence-corrected chi connectivity index (χ3v) is 6.50. The average molecular weight is 461 g/mol. The summed E-state index contributed by atoms with van der Waals surface area (Å²) in [6, 6.07) is 12.4. The maximum atomic E-state index is 14.8. The Morgan fingerprint density at radius 2 is 2.06 bits per heavy atom. The molecule has 6 rings (SSSR count). The minimum absolute atomic E-state index is 0.128. The predicted molar refractivity (Wildman–Crippen MR) is 129 cm³/mol. The molecule has 5 N–H and O–H groups in total. The van der Waals surface area contributed by atoms with Gasteiger partial charge >= 0.3 is 0 Å². The van der Waals surface area contributed by atoms with Crippen molar-refractivity contribution in [1.82, 2.24) is 25.5 Å². The van der Waals surface area contributed by atoms with Crippen LogP contribution in [0.4, 0.5) is 27.7 Å². The molecule has 2 saturated heterocycles. The number of anilines is 4. The monoisotopic (exact) mass is 460 g/mol. The van der Waals surface area contributed by atoms with Crippen molar-refractivity contribution in [2.75, 3.05) is 35.6 Å². The first-order valence-corrected chi connectivity index (χ1v) is 11.4. The molecule has 0 amide bonds. The van der Waals surface area contributed by atoms with Gasteiger partial charge in [0.05, 0.1) is 11.7 Å². The molecule has 4 heterocycles. The number of ether oxygens (including phenoxy) is 1. The summed E-state index contributed by atoms with van der Waals surface area (Å²) < 4.78 is 20.6. The molecule has 9 nitrogen and oxygen atoms in total. The third kappa shape index (κ3) is 4.08. The van der Waals surface area contributed by atoms with E-state index < -0.39 is 5.82 Å².